The maximum absolute atomic E-state index is 12.3. The SMILES string of the molecule is CCN(C)C(=O)OCC1CCc2c(sc(NC(=O)/C=C/c3ccsc3)c2C#N)C1. The van der Waals surface area contributed by atoms with Crippen molar-refractivity contribution in [3.63, 3.8) is 0 Å². The number of amides is 2. The molecule has 2 aromatic rings. The van der Waals surface area contributed by atoms with Crippen molar-refractivity contribution in [3.8, 4) is 6.07 Å². The van der Waals surface area contributed by atoms with Crippen molar-refractivity contribution >= 4 is 45.8 Å². The van der Waals surface area contributed by atoms with E-state index in [0.717, 1.165) is 35.3 Å². The zero-order valence-corrected chi connectivity index (χ0v) is 18.1. The lowest BCUT2D eigenvalue weighted by molar-refractivity contribution is -0.111. The fraction of sp³-hybridized carbons (Fsp3) is 0.381. The van der Waals surface area contributed by atoms with Crippen LogP contribution in [-0.2, 0) is 22.4 Å². The monoisotopic (exact) mass is 429 g/mol. The highest BCUT2D eigenvalue weighted by Gasteiger charge is 2.27. The molecular weight excluding hydrogens is 406 g/mol. The van der Waals surface area contributed by atoms with Crippen LogP contribution in [0.2, 0.25) is 0 Å². The van der Waals surface area contributed by atoms with Crippen molar-refractivity contribution < 1.29 is 14.3 Å². The standard InChI is InChI=1S/C21H23N3O3S2/c1-3-24(2)21(26)27-12-15-4-6-16-17(11-22)20(29-18(16)10-15)23-19(25)7-5-14-8-9-28-13-14/h5,7-9,13,15H,3-4,6,10,12H2,1-2H3,(H,23,25)/b7-5+. The fourth-order valence-corrected chi connectivity index (χ4v) is 5.07. The minimum absolute atomic E-state index is 0.226. The third-order valence-corrected chi connectivity index (χ3v) is 6.79. The fourth-order valence-electron chi connectivity index (χ4n) is 3.13. The van der Waals surface area contributed by atoms with E-state index in [1.54, 1.807) is 24.5 Å². The number of fused-ring (bicyclic) bond motifs is 1. The molecule has 8 heteroatoms. The maximum atomic E-state index is 12.3. The summed E-state index contributed by atoms with van der Waals surface area (Å²) in [5.74, 6) is -0.0247. The smallest absolute Gasteiger partial charge is 0.409 e. The van der Waals surface area contributed by atoms with Gasteiger partial charge in [-0.25, -0.2) is 4.79 Å². The van der Waals surface area contributed by atoms with Gasteiger partial charge in [0.2, 0.25) is 5.91 Å². The number of anilines is 1. The highest BCUT2D eigenvalue weighted by atomic mass is 32.1. The zero-order chi connectivity index (χ0) is 20.8. The molecule has 0 radical (unpaired) electrons. The molecule has 29 heavy (non-hydrogen) atoms. The minimum Gasteiger partial charge on any atom is -0.449 e. The quantitative estimate of drug-likeness (QED) is 0.684. The summed E-state index contributed by atoms with van der Waals surface area (Å²) in [7, 11) is 1.71. The molecule has 1 atom stereocenters. The molecule has 2 aromatic heterocycles. The number of hydrogen-bond acceptors (Lipinski definition) is 6. The van der Waals surface area contributed by atoms with Gasteiger partial charge in [-0.3, -0.25) is 4.79 Å². The molecule has 0 saturated heterocycles. The van der Waals surface area contributed by atoms with E-state index in [2.05, 4.69) is 11.4 Å². The summed E-state index contributed by atoms with van der Waals surface area (Å²) in [5, 5.41) is 17.0. The molecule has 2 heterocycles. The van der Waals surface area contributed by atoms with Crippen LogP contribution < -0.4 is 5.32 Å². The normalized spacial score (nSPS) is 15.6. The highest BCUT2D eigenvalue weighted by molar-refractivity contribution is 7.16. The van der Waals surface area contributed by atoms with Crippen molar-refractivity contribution in [2.75, 3.05) is 25.5 Å². The molecule has 0 fully saturated rings. The molecule has 0 spiro atoms. The van der Waals surface area contributed by atoms with Gasteiger partial charge in [-0.1, -0.05) is 0 Å². The first-order valence-electron chi connectivity index (χ1n) is 9.45. The third-order valence-electron chi connectivity index (χ3n) is 4.91. The van der Waals surface area contributed by atoms with E-state index < -0.39 is 0 Å². The number of carbonyl (C=O) groups is 2. The van der Waals surface area contributed by atoms with Gasteiger partial charge in [0.15, 0.2) is 0 Å². The summed E-state index contributed by atoms with van der Waals surface area (Å²) >= 11 is 3.02. The molecule has 0 aliphatic heterocycles. The Morgan fingerprint density at radius 3 is 3.00 bits per heavy atom. The molecule has 1 aliphatic carbocycles. The lowest BCUT2D eigenvalue weighted by Gasteiger charge is -2.23. The molecule has 152 valence electrons. The van der Waals surface area contributed by atoms with Crippen LogP contribution >= 0.6 is 22.7 Å². The molecular formula is C21H23N3O3S2. The zero-order valence-electron chi connectivity index (χ0n) is 16.4. The van der Waals surface area contributed by atoms with Crippen molar-refractivity contribution in [1.82, 2.24) is 4.90 Å². The summed E-state index contributed by atoms with van der Waals surface area (Å²) in [6.45, 7) is 2.87. The number of hydrogen-bond donors (Lipinski definition) is 1. The van der Waals surface area contributed by atoms with Crippen LogP contribution in [0.1, 0.15) is 34.9 Å². The Morgan fingerprint density at radius 2 is 2.31 bits per heavy atom. The Hall–Kier alpha value is -2.63. The van der Waals surface area contributed by atoms with Crippen molar-refractivity contribution in [1.29, 1.82) is 5.26 Å². The van der Waals surface area contributed by atoms with Gasteiger partial charge in [-0.15, -0.1) is 11.3 Å². The third kappa shape index (κ3) is 5.25. The van der Waals surface area contributed by atoms with Gasteiger partial charge in [-0.2, -0.15) is 16.6 Å². The van der Waals surface area contributed by atoms with E-state index in [-0.39, 0.29) is 17.9 Å². The second-order valence-corrected chi connectivity index (χ2v) is 8.78. The van der Waals surface area contributed by atoms with Crippen molar-refractivity contribution in [2.45, 2.75) is 26.2 Å². The Balaban J connectivity index is 1.64. The number of rotatable bonds is 6. The highest BCUT2D eigenvalue weighted by Crippen LogP contribution is 2.39. The Bertz CT molecular complexity index is 941. The number of nitriles is 1. The molecule has 0 bridgehead atoms. The van der Waals surface area contributed by atoms with Crippen LogP contribution in [-0.4, -0.2) is 37.1 Å². The topological polar surface area (TPSA) is 82.4 Å². The van der Waals surface area contributed by atoms with E-state index in [9.17, 15) is 14.9 Å². The van der Waals surface area contributed by atoms with Crippen LogP contribution in [0.15, 0.2) is 22.9 Å². The Morgan fingerprint density at radius 1 is 1.48 bits per heavy atom. The molecule has 3 rings (SSSR count). The summed E-state index contributed by atoms with van der Waals surface area (Å²) in [5.41, 5.74) is 2.55. The van der Waals surface area contributed by atoms with Gasteiger partial charge >= 0.3 is 6.09 Å². The van der Waals surface area contributed by atoms with E-state index in [0.29, 0.717) is 23.7 Å². The second kappa shape index (κ2) is 9.72. The molecule has 0 saturated carbocycles. The van der Waals surface area contributed by atoms with Crippen LogP contribution in [0.3, 0.4) is 0 Å². The van der Waals surface area contributed by atoms with Gasteiger partial charge in [0, 0.05) is 24.5 Å². The second-order valence-electron chi connectivity index (χ2n) is 6.90. The first-order chi connectivity index (χ1) is 14.0. The molecule has 6 nitrogen and oxygen atoms in total. The predicted octanol–water partition coefficient (Wildman–Crippen LogP) is 4.53. The molecule has 1 N–H and O–H groups in total. The number of ether oxygens (including phenoxy) is 1. The number of thiophene rings is 2. The lowest BCUT2D eigenvalue weighted by Crippen LogP contribution is -2.29. The van der Waals surface area contributed by atoms with Crippen LogP contribution in [0, 0.1) is 17.2 Å². The van der Waals surface area contributed by atoms with E-state index >= 15 is 0 Å². The molecule has 1 aliphatic rings. The summed E-state index contributed by atoms with van der Waals surface area (Å²) in [4.78, 5) is 26.7. The van der Waals surface area contributed by atoms with Crippen LogP contribution in [0.4, 0.5) is 9.80 Å². The average molecular weight is 430 g/mol. The number of carbonyl (C=O) groups excluding carboxylic acids is 2. The number of nitrogens with one attached hydrogen (secondary N) is 1. The van der Waals surface area contributed by atoms with Gasteiger partial charge in [0.05, 0.1) is 12.2 Å². The van der Waals surface area contributed by atoms with E-state index in [1.807, 2.05) is 23.8 Å². The summed E-state index contributed by atoms with van der Waals surface area (Å²) in [6, 6.07) is 4.18. The first-order valence-corrected chi connectivity index (χ1v) is 11.2. The summed E-state index contributed by atoms with van der Waals surface area (Å²) in [6.07, 6.45) is 5.27. The average Bonchev–Trinajstić information content (AvgIpc) is 3.36. The first kappa shape index (κ1) is 21.1. The van der Waals surface area contributed by atoms with Crippen LogP contribution in [0.5, 0.6) is 0 Å². The van der Waals surface area contributed by atoms with E-state index in [4.69, 9.17) is 4.74 Å². The largest absolute Gasteiger partial charge is 0.449 e. The molecule has 1 unspecified atom stereocenters. The molecule has 0 aromatic carbocycles. The maximum Gasteiger partial charge on any atom is 0.409 e. The van der Waals surface area contributed by atoms with Crippen molar-refractivity contribution in [3.05, 3.63) is 44.5 Å². The van der Waals surface area contributed by atoms with Gasteiger partial charge in [-0.05, 0) is 66.1 Å². The molecule has 2 amide bonds. The van der Waals surface area contributed by atoms with Crippen LogP contribution in [0.25, 0.3) is 6.08 Å². The van der Waals surface area contributed by atoms with Gasteiger partial charge in [0.25, 0.3) is 0 Å². The number of nitrogens with zero attached hydrogens (tertiary/aromatic N) is 2. The Kier molecular flexibility index (Phi) is 7.07. The van der Waals surface area contributed by atoms with Crippen molar-refractivity contribution in [2.24, 2.45) is 5.92 Å². The lowest BCUT2D eigenvalue weighted by atomic mass is 9.88. The predicted molar refractivity (Wildman–Crippen MR) is 116 cm³/mol. The summed E-state index contributed by atoms with van der Waals surface area (Å²) < 4.78 is 5.39. The van der Waals surface area contributed by atoms with Gasteiger partial charge in [0.1, 0.15) is 11.1 Å². The Labute approximate surface area is 178 Å². The van der Waals surface area contributed by atoms with Gasteiger partial charge < -0.3 is 15.0 Å². The van der Waals surface area contributed by atoms with E-state index in [1.165, 1.54) is 22.3 Å². The minimum atomic E-state index is -0.312.